The Bertz CT molecular complexity index is 1490. The zero-order valence-corrected chi connectivity index (χ0v) is 19.7. The summed E-state index contributed by atoms with van der Waals surface area (Å²) >= 11 is 0. The van der Waals surface area contributed by atoms with E-state index < -0.39 is 37.3 Å². The first-order valence-electron chi connectivity index (χ1n) is 9.57. The number of carbonyl (C=O) groups excluding carboxylic acids is 1. The van der Waals surface area contributed by atoms with E-state index in [4.69, 9.17) is 0 Å². The Morgan fingerprint density at radius 1 is 1.09 bits per heavy atom. The molecular formula is C19H20F3N5O4S2. The number of nitrogens with zero attached hydrogens (tertiary/aromatic N) is 5. The molecule has 33 heavy (non-hydrogen) atoms. The number of aryl methyl sites for hydroxylation is 1. The SMILES string of the molecule is CCS(=O)(=O)c1cc(C(=O)N=S(C)(=O)CC)cnc1-c1nc2cc(C(F)(F)F)ncc2n1C. The summed E-state index contributed by atoms with van der Waals surface area (Å²) in [5, 5.41) is 0. The van der Waals surface area contributed by atoms with Crippen LogP contribution in [0, 0.1) is 0 Å². The lowest BCUT2D eigenvalue weighted by atomic mass is 10.2. The molecule has 1 unspecified atom stereocenters. The summed E-state index contributed by atoms with van der Waals surface area (Å²) in [6.07, 6.45) is -1.32. The highest BCUT2D eigenvalue weighted by atomic mass is 32.2. The van der Waals surface area contributed by atoms with E-state index >= 15 is 0 Å². The number of imidazole rings is 1. The molecule has 178 valence electrons. The molecule has 0 saturated carbocycles. The molecule has 0 aliphatic carbocycles. The van der Waals surface area contributed by atoms with E-state index in [9.17, 15) is 30.6 Å². The molecule has 0 radical (unpaired) electrons. The van der Waals surface area contributed by atoms with Crippen LogP contribution in [0.1, 0.15) is 29.9 Å². The van der Waals surface area contributed by atoms with Crippen molar-refractivity contribution in [1.29, 1.82) is 0 Å². The first-order valence-corrected chi connectivity index (χ1v) is 13.3. The summed E-state index contributed by atoms with van der Waals surface area (Å²) in [5.74, 6) is -1.13. The van der Waals surface area contributed by atoms with Crippen LogP contribution in [0.4, 0.5) is 13.2 Å². The van der Waals surface area contributed by atoms with E-state index in [0.29, 0.717) is 0 Å². The average Bonchev–Trinajstić information content (AvgIpc) is 3.08. The number of fused-ring (bicyclic) bond motifs is 1. The van der Waals surface area contributed by atoms with Gasteiger partial charge in [-0.05, 0) is 12.1 Å². The predicted octanol–water partition coefficient (Wildman–Crippen LogP) is 3.10. The molecule has 0 N–H and O–H groups in total. The fourth-order valence-corrected chi connectivity index (χ4v) is 4.51. The van der Waals surface area contributed by atoms with Gasteiger partial charge in [-0.2, -0.15) is 17.5 Å². The largest absolute Gasteiger partial charge is 0.433 e. The van der Waals surface area contributed by atoms with E-state index in [0.717, 1.165) is 24.5 Å². The fraction of sp³-hybridized carbons (Fsp3) is 0.368. The van der Waals surface area contributed by atoms with Crippen molar-refractivity contribution in [3.63, 3.8) is 0 Å². The van der Waals surface area contributed by atoms with Gasteiger partial charge in [0.05, 0.1) is 43.2 Å². The Morgan fingerprint density at radius 2 is 1.76 bits per heavy atom. The molecule has 0 aromatic carbocycles. The maximum atomic E-state index is 13.0. The number of alkyl halides is 3. The first kappa shape index (κ1) is 24.8. The van der Waals surface area contributed by atoms with Crippen molar-refractivity contribution < 1.29 is 30.6 Å². The molecule has 0 spiro atoms. The number of pyridine rings is 2. The highest BCUT2D eigenvalue weighted by molar-refractivity contribution is 7.93. The van der Waals surface area contributed by atoms with Crippen molar-refractivity contribution in [1.82, 2.24) is 19.5 Å². The fourth-order valence-electron chi connectivity index (χ4n) is 2.87. The van der Waals surface area contributed by atoms with Gasteiger partial charge in [0.25, 0.3) is 5.91 Å². The molecule has 0 saturated heterocycles. The van der Waals surface area contributed by atoms with Gasteiger partial charge in [0.1, 0.15) is 11.4 Å². The number of hydrogen-bond acceptors (Lipinski definition) is 7. The maximum absolute atomic E-state index is 13.0. The van der Waals surface area contributed by atoms with Gasteiger partial charge in [-0.3, -0.25) is 9.78 Å². The van der Waals surface area contributed by atoms with Crippen LogP contribution in [0.2, 0.25) is 0 Å². The molecule has 0 aliphatic rings. The van der Waals surface area contributed by atoms with Crippen molar-refractivity contribution in [2.24, 2.45) is 11.4 Å². The van der Waals surface area contributed by atoms with Crippen LogP contribution < -0.4 is 0 Å². The zero-order chi connectivity index (χ0) is 24.8. The van der Waals surface area contributed by atoms with Crippen molar-refractivity contribution >= 4 is 36.5 Å². The van der Waals surface area contributed by atoms with Crippen molar-refractivity contribution in [3.8, 4) is 11.5 Å². The van der Waals surface area contributed by atoms with Crippen LogP contribution in [-0.2, 0) is 32.8 Å². The summed E-state index contributed by atoms with van der Waals surface area (Å²) in [5.41, 5.74) is -1.30. The van der Waals surface area contributed by atoms with E-state index in [1.807, 2.05) is 0 Å². The predicted molar refractivity (Wildman–Crippen MR) is 116 cm³/mol. The Morgan fingerprint density at radius 3 is 2.33 bits per heavy atom. The third-order valence-electron chi connectivity index (χ3n) is 4.90. The van der Waals surface area contributed by atoms with Crippen LogP contribution in [0.3, 0.4) is 0 Å². The topological polar surface area (TPSA) is 124 Å². The van der Waals surface area contributed by atoms with Gasteiger partial charge in [0.2, 0.25) is 0 Å². The molecule has 0 aliphatic heterocycles. The lowest BCUT2D eigenvalue weighted by molar-refractivity contribution is -0.141. The van der Waals surface area contributed by atoms with Crippen LogP contribution in [0.15, 0.2) is 33.8 Å². The molecule has 0 bridgehead atoms. The number of sulfone groups is 1. The van der Waals surface area contributed by atoms with Crippen LogP contribution in [0.5, 0.6) is 0 Å². The van der Waals surface area contributed by atoms with Crippen molar-refractivity contribution in [3.05, 3.63) is 35.8 Å². The van der Waals surface area contributed by atoms with Gasteiger partial charge in [-0.15, -0.1) is 0 Å². The minimum absolute atomic E-state index is 0.0260. The second-order valence-electron chi connectivity index (χ2n) is 7.17. The summed E-state index contributed by atoms with van der Waals surface area (Å²) in [6.45, 7) is 2.99. The number of aromatic nitrogens is 4. The molecule has 3 aromatic heterocycles. The molecular weight excluding hydrogens is 483 g/mol. The number of rotatable bonds is 5. The second kappa shape index (κ2) is 8.48. The van der Waals surface area contributed by atoms with E-state index in [-0.39, 0.29) is 44.5 Å². The Labute approximate surface area is 188 Å². The Balaban J connectivity index is 2.26. The molecule has 1 amide bonds. The molecule has 3 heterocycles. The van der Waals surface area contributed by atoms with Crippen LogP contribution >= 0.6 is 0 Å². The van der Waals surface area contributed by atoms with E-state index in [1.165, 1.54) is 24.8 Å². The molecule has 14 heteroatoms. The molecule has 0 fully saturated rings. The molecule has 1 atom stereocenters. The Kier molecular flexibility index (Phi) is 6.37. The first-order chi connectivity index (χ1) is 15.2. The standard InChI is InChI=1S/C19H20F3N5O4S2/c1-5-32(4,29)26-18(28)11-7-14(33(30,31)6-2)16(24-9-11)17-25-12-8-15(19(20,21)22)23-10-13(12)27(17)3/h7-10H,5-6H2,1-4H3. The zero-order valence-electron chi connectivity index (χ0n) is 18.0. The van der Waals surface area contributed by atoms with Gasteiger partial charge in [-0.1, -0.05) is 13.8 Å². The summed E-state index contributed by atoms with van der Waals surface area (Å²) in [6, 6.07) is 1.82. The number of hydrogen-bond donors (Lipinski definition) is 0. The van der Waals surface area contributed by atoms with E-state index in [2.05, 4.69) is 19.3 Å². The lowest BCUT2D eigenvalue weighted by Crippen LogP contribution is -2.12. The molecule has 3 aromatic rings. The smallest absolute Gasteiger partial charge is 0.324 e. The van der Waals surface area contributed by atoms with Gasteiger partial charge < -0.3 is 4.57 Å². The second-order valence-corrected chi connectivity index (χ2v) is 12.1. The summed E-state index contributed by atoms with van der Waals surface area (Å²) < 4.78 is 81.8. The maximum Gasteiger partial charge on any atom is 0.433 e. The van der Waals surface area contributed by atoms with Gasteiger partial charge in [0, 0.05) is 25.3 Å². The quantitative estimate of drug-likeness (QED) is 0.524. The minimum Gasteiger partial charge on any atom is -0.324 e. The lowest BCUT2D eigenvalue weighted by Gasteiger charge is -2.10. The Hall–Kier alpha value is -2.87. The van der Waals surface area contributed by atoms with Crippen molar-refractivity contribution in [2.75, 3.05) is 17.8 Å². The van der Waals surface area contributed by atoms with Gasteiger partial charge >= 0.3 is 6.18 Å². The summed E-state index contributed by atoms with van der Waals surface area (Å²) in [7, 11) is -5.26. The van der Waals surface area contributed by atoms with Crippen LogP contribution in [0.25, 0.3) is 22.6 Å². The number of carbonyl (C=O) groups is 1. The summed E-state index contributed by atoms with van der Waals surface area (Å²) in [4.78, 5) is 23.8. The average molecular weight is 504 g/mol. The van der Waals surface area contributed by atoms with Gasteiger partial charge in [-0.25, -0.2) is 22.6 Å². The van der Waals surface area contributed by atoms with Crippen molar-refractivity contribution in [2.45, 2.75) is 24.9 Å². The van der Waals surface area contributed by atoms with Crippen LogP contribution in [-0.4, -0.2) is 55.8 Å². The monoisotopic (exact) mass is 503 g/mol. The minimum atomic E-state index is -4.68. The number of amides is 1. The third-order valence-corrected chi connectivity index (χ3v) is 8.26. The normalized spacial score (nSPS) is 14.3. The van der Waals surface area contributed by atoms with Gasteiger partial charge in [0.15, 0.2) is 15.7 Å². The highest BCUT2D eigenvalue weighted by Gasteiger charge is 2.33. The van der Waals surface area contributed by atoms with E-state index in [1.54, 1.807) is 6.92 Å². The third kappa shape index (κ3) is 4.90. The molecule has 3 rings (SSSR count). The highest BCUT2D eigenvalue weighted by Crippen LogP contribution is 2.32. The molecule has 9 nitrogen and oxygen atoms in total. The number of halogens is 3.